The van der Waals surface area contributed by atoms with Crippen LogP contribution in [0.5, 0.6) is 28.7 Å². The Morgan fingerprint density at radius 1 is 0.900 bits per heavy atom. The molecular formula is C14H16N2O4. The van der Waals surface area contributed by atoms with Gasteiger partial charge in [-0.2, -0.15) is 0 Å². The molecular weight excluding hydrogens is 260 g/mol. The minimum absolute atomic E-state index is 0.384. The number of nitrogens with zero attached hydrogens (tertiary/aromatic N) is 1. The zero-order valence-corrected chi connectivity index (χ0v) is 11.5. The van der Waals surface area contributed by atoms with Gasteiger partial charge < -0.3 is 24.7 Å². The van der Waals surface area contributed by atoms with Crippen LogP contribution in [0.4, 0.5) is 5.82 Å². The molecule has 1 aromatic heterocycles. The summed E-state index contributed by atoms with van der Waals surface area (Å²) in [5.41, 5.74) is 5.61. The second kappa shape index (κ2) is 6.01. The topological polar surface area (TPSA) is 75.8 Å². The summed E-state index contributed by atoms with van der Waals surface area (Å²) < 4.78 is 21.5. The van der Waals surface area contributed by atoms with E-state index in [0.717, 1.165) is 0 Å². The van der Waals surface area contributed by atoms with Gasteiger partial charge in [-0.1, -0.05) is 0 Å². The third-order valence-electron chi connectivity index (χ3n) is 2.63. The summed E-state index contributed by atoms with van der Waals surface area (Å²) in [4.78, 5) is 3.90. The molecule has 0 saturated heterocycles. The van der Waals surface area contributed by atoms with Crippen molar-refractivity contribution in [3.8, 4) is 28.7 Å². The van der Waals surface area contributed by atoms with Gasteiger partial charge in [0.05, 0.1) is 21.3 Å². The monoisotopic (exact) mass is 276 g/mol. The Morgan fingerprint density at radius 2 is 1.55 bits per heavy atom. The SMILES string of the molecule is COc1cc(Oc2ccnc(N)c2)cc(OC)c1OC. The molecule has 1 heterocycles. The van der Waals surface area contributed by atoms with Gasteiger partial charge in [-0.25, -0.2) is 4.98 Å². The molecule has 2 rings (SSSR count). The number of methoxy groups -OCH3 is 3. The number of pyridine rings is 1. The number of anilines is 1. The van der Waals surface area contributed by atoms with E-state index in [0.29, 0.717) is 34.6 Å². The highest BCUT2D eigenvalue weighted by atomic mass is 16.5. The van der Waals surface area contributed by atoms with Crippen LogP contribution >= 0.6 is 0 Å². The van der Waals surface area contributed by atoms with Crippen molar-refractivity contribution in [3.05, 3.63) is 30.5 Å². The van der Waals surface area contributed by atoms with E-state index in [9.17, 15) is 0 Å². The first-order valence-electron chi connectivity index (χ1n) is 5.87. The summed E-state index contributed by atoms with van der Waals surface area (Å²) >= 11 is 0. The van der Waals surface area contributed by atoms with Gasteiger partial charge in [0.15, 0.2) is 11.5 Å². The molecule has 1 aromatic carbocycles. The molecule has 6 nitrogen and oxygen atoms in total. The molecule has 0 spiro atoms. The molecule has 0 fully saturated rings. The number of aromatic nitrogens is 1. The van der Waals surface area contributed by atoms with Crippen molar-refractivity contribution in [1.29, 1.82) is 0 Å². The molecule has 6 heteroatoms. The van der Waals surface area contributed by atoms with Gasteiger partial charge in [0, 0.05) is 24.4 Å². The lowest BCUT2D eigenvalue weighted by molar-refractivity contribution is 0.321. The van der Waals surface area contributed by atoms with E-state index in [4.69, 9.17) is 24.7 Å². The largest absolute Gasteiger partial charge is 0.493 e. The quantitative estimate of drug-likeness (QED) is 0.904. The van der Waals surface area contributed by atoms with Crippen molar-refractivity contribution < 1.29 is 18.9 Å². The Kier molecular flexibility index (Phi) is 4.14. The van der Waals surface area contributed by atoms with Gasteiger partial charge in [0.1, 0.15) is 17.3 Å². The Morgan fingerprint density at radius 3 is 2.05 bits per heavy atom. The fourth-order valence-corrected chi connectivity index (χ4v) is 1.74. The van der Waals surface area contributed by atoms with Crippen LogP contribution in [0.25, 0.3) is 0 Å². The number of benzene rings is 1. The highest BCUT2D eigenvalue weighted by Gasteiger charge is 2.14. The first kappa shape index (κ1) is 13.8. The van der Waals surface area contributed by atoms with Crippen LogP contribution in [-0.4, -0.2) is 26.3 Å². The van der Waals surface area contributed by atoms with E-state index in [1.54, 1.807) is 51.8 Å². The van der Waals surface area contributed by atoms with Crippen LogP contribution in [-0.2, 0) is 0 Å². The van der Waals surface area contributed by atoms with Crippen LogP contribution in [0.2, 0.25) is 0 Å². The van der Waals surface area contributed by atoms with Gasteiger partial charge in [-0.05, 0) is 6.07 Å². The van der Waals surface area contributed by atoms with Crippen LogP contribution in [0, 0.1) is 0 Å². The second-order valence-electron chi connectivity index (χ2n) is 3.88. The van der Waals surface area contributed by atoms with Crippen molar-refractivity contribution in [2.45, 2.75) is 0 Å². The van der Waals surface area contributed by atoms with Gasteiger partial charge >= 0.3 is 0 Å². The van der Waals surface area contributed by atoms with Gasteiger partial charge in [0.25, 0.3) is 0 Å². The molecule has 0 saturated carbocycles. The minimum atomic E-state index is 0.384. The molecule has 106 valence electrons. The number of nitrogens with two attached hydrogens (primary N) is 1. The van der Waals surface area contributed by atoms with E-state index in [1.807, 2.05) is 0 Å². The smallest absolute Gasteiger partial charge is 0.203 e. The molecule has 0 radical (unpaired) electrons. The Bertz CT molecular complexity index is 576. The van der Waals surface area contributed by atoms with E-state index in [2.05, 4.69) is 4.98 Å². The maximum Gasteiger partial charge on any atom is 0.203 e. The molecule has 2 N–H and O–H groups in total. The fraction of sp³-hybridized carbons (Fsp3) is 0.214. The highest BCUT2D eigenvalue weighted by Crippen LogP contribution is 2.41. The van der Waals surface area contributed by atoms with Gasteiger partial charge in [0.2, 0.25) is 5.75 Å². The van der Waals surface area contributed by atoms with Crippen LogP contribution in [0.3, 0.4) is 0 Å². The molecule has 20 heavy (non-hydrogen) atoms. The predicted molar refractivity (Wildman–Crippen MR) is 74.8 cm³/mol. The van der Waals surface area contributed by atoms with E-state index in [-0.39, 0.29) is 0 Å². The summed E-state index contributed by atoms with van der Waals surface area (Å²) in [6, 6.07) is 6.75. The molecule has 0 amide bonds. The van der Waals surface area contributed by atoms with Crippen molar-refractivity contribution in [3.63, 3.8) is 0 Å². The number of nitrogen functional groups attached to an aromatic ring is 1. The lowest BCUT2D eigenvalue weighted by Gasteiger charge is -2.14. The molecule has 0 aliphatic heterocycles. The van der Waals surface area contributed by atoms with E-state index in [1.165, 1.54) is 0 Å². The van der Waals surface area contributed by atoms with Crippen molar-refractivity contribution in [2.24, 2.45) is 0 Å². The standard InChI is InChI=1S/C14H16N2O4/c1-17-11-6-10(7-12(18-2)14(11)19-3)20-9-4-5-16-13(15)8-9/h4-8H,1-3H3,(H2,15,16). The van der Waals surface area contributed by atoms with Crippen molar-refractivity contribution in [1.82, 2.24) is 4.98 Å². The zero-order chi connectivity index (χ0) is 14.5. The first-order chi connectivity index (χ1) is 9.67. The van der Waals surface area contributed by atoms with E-state index < -0.39 is 0 Å². The lowest BCUT2D eigenvalue weighted by atomic mass is 10.2. The van der Waals surface area contributed by atoms with Gasteiger partial charge in [-0.3, -0.25) is 0 Å². The average molecular weight is 276 g/mol. The Labute approximate surface area is 117 Å². The lowest BCUT2D eigenvalue weighted by Crippen LogP contribution is -1.96. The maximum atomic E-state index is 5.71. The third kappa shape index (κ3) is 2.85. The minimum Gasteiger partial charge on any atom is -0.493 e. The Balaban J connectivity index is 2.37. The zero-order valence-electron chi connectivity index (χ0n) is 11.5. The van der Waals surface area contributed by atoms with Gasteiger partial charge in [-0.15, -0.1) is 0 Å². The van der Waals surface area contributed by atoms with Crippen LogP contribution in [0.15, 0.2) is 30.5 Å². The third-order valence-corrected chi connectivity index (χ3v) is 2.63. The first-order valence-corrected chi connectivity index (χ1v) is 5.87. The Hall–Kier alpha value is -2.63. The summed E-state index contributed by atoms with van der Waals surface area (Å²) in [7, 11) is 4.64. The highest BCUT2D eigenvalue weighted by molar-refractivity contribution is 5.56. The predicted octanol–water partition coefficient (Wildman–Crippen LogP) is 2.48. The molecule has 0 atom stereocenters. The number of hydrogen-bond donors (Lipinski definition) is 1. The molecule has 0 aliphatic rings. The summed E-state index contributed by atoms with van der Waals surface area (Å²) in [6.07, 6.45) is 1.57. The molecule has 2 aromatic rings. The number of ether oxygens (including phenoxy) is 4. The van der Waals surface area contributed by atoms with Crippen molar-refractivity contribution >= 4 is 5.82 Å². The fourth-order valence-electron chi connectivity index (χ4n) is 1.74. The maximum absolute atomic E-state index is 5.71. The molecule has 0 unspecified atom stereocenters. The summed E-state index contributed by atoms with van der Waals surface area (Å²) in [5.74, 6) is 3.05. The summed E-state index contributed by atoms with van der Waals surface area (Å²) in [5, 5.41) is 0. The second-order valence-corrected chi connectivity index (χ2v) is 3.88. The number of hydrogen-bond acceptors (Lipinski definition) is 6. The van der Waals surface area contributed by atoms with Crippen molar-refractivity contribution in [2.75, 3.05) is 27.1 Å². The number of rotatable bonds is 5. The van der Waals surface area contributed by atoms with Crippen LogP contribution < -0.4 is 24.7 Å². The van der Waals surface area contributed by atoms with E-state index >= 15 is 0 Å². The average Bonchev–Trinajstić information content (AvgIpc) is 2.46. The normalized spacial score (nSPS) is 9.95. The summed E-state index contributed by atoms with van der Waals surface area (Å²) in [6.45, 7) is 0. The molecule has 0 bridgehead atoms. The van der Waals surface area contributed by atoms with Crippen LogP contribution in [0.1, 0.15) is 0 Å². The molecule has 0 aliphatic carbocycles.